The van der Waals surface area contributed by atoms with E-state index in [1.807, 2.05) is 25.3 Å². The molecule has 1 unspecified atom stereocenters. The van der Waals surface area contributed by atoms with E-state index in [0.29, 0.717) is 17.9 Å². The van der Waals surface area contributed by atoms with Crippen molar-refractivity contribution in [3.63, 3.8) is 0 Å². The highest BCUT2D eigenvalue weighted by Crippen LogP contribution is 2.13. The molecule has 23 heavy (non-hydrogen) atoms. The molecule has 0 heterocycles. The van der Waals surface area contributed by atoms with Gasteiger partial charge in [0.1, 0.15) is 12.5 Å². The van der Waals surface area contributed by atoms with Gasteiger partial charge >= 0.3 is 5.97 Å². The lowest BCUT2D eigenvalue weighted by Gasteiger charge is -2.16. The molecule has 0 saturated heterocycles. The van der Waals surface area contributed by atoms with Crippen LogP contribution in [0.15, 0.2) is 24.3 Å². The SMILES string of the molecule is COC(=O)C(CCSC)NC(=O)CC(=O)Nc1ccccc1C. The quantitative estimate of drug-likeness (QED) is 0.557. The number of esters is 1. The van der Waals surface area contributed by atoms with Crippen molar-refractivity contribution in [3.05, 3.63) is 29.8 Å². The van der Waals surface area contributed by atoms with Crippen LogP contribution >= 0.6 is 11.8 Å². The molecule has 1 aromatic carbocycles. The highest BCUT2D eigenvalue weighted by molar-refractivity contribution is 7.98. The lowest BCUT2D eigenvalue weighted by molar-refractivity contribution is -0.145. The molecule has 2 N–H and O–H groups in total. The highest BCUT2D eigenvalue weighted by atomic mass is 32.2. The Morgan fingerprint density at radius 3 is 2.52 bits per heavy atom. The summed E-state index contributed by atoms with van der Waals surface area (Å²) in [4.78, 5) is 35.5. The van der Waals surface area contributed by atoms with Crippen LogP contribution in [0.1, 0.15) is 18.4 Å². The lowest BCUT2D eigenvalue weighted by atomic mass is 10.2. The number of para-hydroxylation sites is 1. The van der Waals surface area contributed by atoms with Gasteiger partial charge in [0, 0.05) is 5.69 Å². The van der Waals surface area contributed by atoms with E-state index < -0.39 is 23.8 Å². The molecule has 126 valence electrons. The van der Waals surface area contributed by atoms with Gasteiger partial charge in [-0.05, 0) is 37.0 Å². The third-order valence-corrected chi connectivity index (χ3v) is 3.82. The molecule has 0 saturated carbocycles. The minimum Gasteiger partial charge on any atom is -0.467 e. The van der Waals surface area contributed by atoms with Crippen LogP contribution in [0.3, 0.4) is 0 Å². The molecule has 0 aliphatic carbocycles. The summed E-state index contributed by atoms with van der Waals surface area (Å²) < 4.78 is 4.66. The molecule has 0 fully saturated rings. The second-order valence-corrected chi connectivity index (χ2v) is 5.95. The maximum atomic E-state index is 11.9. The number of aryl methyl sites for hydroxylation is 1. The number of methoxy groups -OCH3 is 1. The number of hydrogen-bond donors (Lipinski definition) is 2. The topological polar surface area (TPSA) is 84.5 Å². The number of rotatable bonds is 8. The van der Waals surface area contributed by atoms with Crippen LogP contribution in [0.5, 0.6) is 0 Å². The van der Waals surface area contributed by atoms with Crippen molar-refractivity contribution in [2.75, 3.05) is 24.4 Å². The summed E-state index contributed by atoms with van der Waals surface area (Å²) in [7, 11) is 1.27. The Bertz CT molecular complexity index is 563. The second kappa shape index (κ2) is 9.89. The smallest absolute Gasteiger partial charge is 0.328 e. The van der Waals surface area contributed by atoms with Crippen molar-refractivity contribution < 1.29 is 19.1 Å². The second-order valence-electron chi connectivity index (χ2n) is 4.96. The Labute approximate surface area is 140 Å². The summed E-state index contributed by atoms with van der Waals surface area (Å²) in [6.45, 7) is 1.87. The van der Waals surface area contributed by atoms with E-state index in [1.54, 1.807) is 23.9 Å². The fraction of sp³-hybridized carbons (Fsp3) is 0.438. The van der Waals surface area contributed by atoms with E-state index in [-0.39, 0.29) is 6.42 Å². The van der Waals surface area contributed by atoms with Gasteiger partial charge in [-0.1, -0.05) is 18.2 Å². The summed E-state index contributed by atoms with van der Waals surface area (Å²) in [6.07, 6.45) is 2.02. The van der Waals surface area contributed by atoms with Crippen LogP contribution in [0.4, 0.5) is 5.69 Å². The van der Waals surface area contributed by atoms with Gasteiger partial charge in [0.25, 0.3) is 0 Å². The highest BCUT2D eigenvalue weighted by Gasteiger charge is 2.22. The van der Waals surface area contributed by atoms with Crippen LogP contribution in [0.25, 0.3) is 0 Å². The Kier molecular flexibility index (Phi) is 8.18. The molecule has 0 aliphatic rings. The molecule has 7 heteroatoms. The van der Waals surface area contributed by atoms with Crippen LogP contribution in [0.2, 0.25) is 0 Å². The van der Waals surface area contributed by atoms with Gasteiger partial charge in [-0.3, -0.25) is 9.59 Å². The van der Waals surface area contributed by atoms with Gasteiger partial charge in [-0.2, -0.15) is 11.8 Å². The number of benzene rings is 1. The van der Waals surface area contributed by atoms with Crippen molar-refractivity contribution >= 4 is 35.2 Å². The minimum atomic E-state index is -0.730. The lowest BCUT2D eigenvalue weighted by Crippen LogP contribution is -2.43. The van der Waals surface area contributed by atoms with Crippen LogP contribution < -0.4 is 10.6 Å². The molecular weight excluding hydrogens is 316 g/mol. The summed E-state index contributed by atoms with van der Waals surface area (Å²) in [6, 6.07) is 6.57. The zero-order valence-electron chi connectivity index (χ0n) is 13.5. The zero-order valence-corrected chi connectivity index (χ0v) is 14.4. The van der Waals surface area contributed by atoms with E-state index in [9.17, 15) is 14.4 Å². The van der Waals surface area contributed by atoms with E-state index in [2.05, 4.69) is 15.4 Å². The average molecular weight is 338 g/mol. The molecule has 0 radical (unpaired) electrons. The number of thioether (sulfide) groups is 1. The monoisotopic (exact) mass is 338 g/mol. The maximum absolute atomic E-state index is 11.9. The van der Waals surface area contributed by atoms with Gasteiger partial charge in [0.15, 0.2) is 0 Å². The molecule has 1 aromatic rings. The van der Waals surface area contributed by atoms with Crippen molar-refractivity contribution in [1.82, 2.24) is 5.32 Å². The summed E-state index contributed by atoms with van der Waals surface area (Å²) in [5.74, 6) is -0.736. The average Bonchev–Trinajstić information content (AvgIpc) is 2.52. The number of ether oxygens (including phenoxy) is 1. The molecule has 0 spiro atoms. The Hall–Kier alpha value is -2.02. The number of anilines is 1. The summed E-state index contributed by atoms with van der Waals surface area (Å²) in [5.41, 5.74) is 1.57. The van der Waals surface area contributed by atoms with E-state index >= 15 is 0 Å². The number of hydrogen-bond acceptors (Lipinski definition) is 5. The van der Waals surface area contributed by atoms with Gasteiger partial charge < -0.3 is 15.4 Å². The predicted molar refractivity (Wildman–Crippen MR) is 91.4 cm³/mol. The largest absolute Gasteiger partial charge is 0.467 e. The van der Waals surface area contributed by atoms with Gasteiger partial charge in [0.2, 0.25) is 11.8 Å². The van der Waals surface area contributed by atoms with Gasteiger partial charge in [-0.15, -0.1) is 0 Å². The molecule has 0 aliphatic heterocycles. The summed E-state index contributed by atoms with van der Waals surface area (Å²) in [5, 5.41) is 5.23. The third-order valence-electron chi connectivity index (χ3n) is 3.17. The van der Waals surface area contributed by atoms with Gasteiger partial charge in [-0.25, -0.2) is 4.79 Å². The normalized spacial score (nSPS) is 11.4. The predicted octanol–water partition coefficient (Wildman–Crippen LogP) is 1.73. The molecule has 0 aromatic heterocycles. The molecule has 0 bridgehead atoms. The number of amides is 2. The van der Waals surface area contributed by atoms with Gasteiger partial charge in [0.05, 0.1) is 7.11 Å². The van der Waals surface area contributed by atoms with Crippen molar-refractivity contribution in [3.8, 4) is 0 Å². The number of nitrogens with one attached hydrogen (secondary N) is 2. The molecule has 6 nitrogen and oxygen atoms in total. The maximum Gasteiger partial charge on any atom is 0.328 e. The standard InChI is InChI=1S/C16H22N2O4S/c1-11-6-4-5-7-12(11)17-14(19)10-15(20)18-13(8-9-23-3)16(21)22-2/h4-7,13H,8-10H2,1-3H3,(H,17,19)(H,18,20). The zero-order chi connectivity index (χ0) is 17.2. The van der Waals surface area contributed by atoms with Crippen molar-refractivity contribution in [2.45, 2.75) is 25.8 Å². The van der Waals surface area contributed by atoms with E-state index in [1.165, 1.54) is 7.11 Å². The number of carbonyl (C=O) groups is 3. The first kappa shape index (κ1) is 19.0. The third kappa shape index (κ3) is 6.73. The molecule has 1 rings (SSSR count). The summed E-state index contributed by atoms with van der Waals surface area (Å²) >= 11 is 1.56. The van der Waals surface area contributed by atoms with Crippen molar-refractivity contribution in [2.24, 2.45) is 0 Å². The number of carbonyl (C=O) groups excluding carboxylic acids is 3. The Morgan fingerprint density at radius 1 is 1.22 bits per heavy atom. The first-order chi connectivity index (χ1) is 11.0. The van der Waals surface area contributed by atoms with Crippen LogP contribution in [-0.4, -0.2) is 42.9 Å². The van der Waals surface area contributed by atoms with Crippen molar-refractivity contribution in [1.29, 1.82) is 0 Å². The molecule has 1 atom stereocenters. The first-order valence-corrected chi connectivity index (χ1v) is 8.59. The fourth-order valence-corrected chi connectivity index (χ4v) is 2.40. The first-order valence-electron chi connectivity index (χ1n) is 7.19. The molecule has 2 amide bonds. The van der Waals surface area contributed by atoms with E-state index in [0.717, 1.165) is 5.56 Å². The van der Waals surface area contributed by atoms with Crippen LogP contribution in [-0.2, 0) is 19.1 Å². The van der Waals surface area contributed by atoms with E-state index in [4.69, 9.17) is 0 Å². The Balaban J connectivity index is 2.54. The minimum absolute atomic E-state index is 0.346. The molecular formula is C16H22N2O4S. The fourth-order valence-electron chi connectivity index (χ4n) is 1.93. The Morgan fingerprint density at radius 2 is 1.91 bits per heavy atom. The van der Waals surface area contributed by atoms with Crippen LogP contribution in [0, 0.1) is 6.92 Å².